The summed E-state index contributed by atoms with van der Waals surface area (Å²) in [7, 11) is 0. The second-order valence-corrected chi connectivity index (χ2v) is 2.05. The summed E-state index contributed by atoms with van der Waals surface area (Å²) in [5.41, 5.74) is 0. The van der Waals surface area contributed by atoms with Crippen LogP contribution in [0.4, 0.5) is 0 Å². The molecule has 0 aliphatic rings. The van der Waals surface area contributed by atoms with E-state index in [1.54, 1.807) is 6.20 Å². The molecular weight excluding hydrogens is 331 g/mol. The van der Waals surface area contributed by atoms with Crippen LogP contribution >= 0.6 is 0 Å². The molecule has 0 spiro atoms. The van der Waals surface area contributed by atoms with Gasteiger partial charge in [-0.15, -0.1) is 0 Å². The van der Waals surface area contributed by atoms with E-state index in [4.69, 9.17) is 0 Å². The van der Waals surface area contributed by atoms with Crippen molar-refractivity contribution in [2.24, 2.45) is 0 Å². The SMILES string of the molecule is C.C.[Cl-].[Se-]c1ccccn1.[Sn+2]. The molecule has 0 N–H and O–H groups in total. The predicted molar refractivity (Wildman–Crippen MR) is 48.8 cm³/mol. The summed E-state index contributed by atoms with van der Waals surface area (Å²) < 4.78 is 0.947. The number of hydrogen-bond acceptors (Lipinski definition) is 1. The normalized spacial score (nSPS) is 5.45. The first-order valence-corrected chi connectivity index (χ1v) is 2.83. The topological polar surface area (TPSA) is 12.9 Å². The first kappa shape index (κ1) is 22.6. The van der Waals surface area contributed by atoms with E-state index in [2.05, 4.69) is 21.0 Å². The minimum absolute atomic E-state index is 0. The van der Waals surface area contributed by atoms with Crippen molar-refractivity contribution in [3.63, 3.8) is 0 Å². The van der Waals surface area contributed by atoms with E-state index in [-0.39, 0.29) is 51.2 Å². The molecule has 1 nitrogen and oxygen atoms in total. The van der Waals surface area contributed by atoms with E-state index in [1.807, 2.05) is 18.2 Å². The van der Waals surface area contributed by atoms with Gasteiger partial charge < -0.3 is 12.4 Å². The molecule has 4 heteroatoms. The van der Waals surface area contributed by atoms with Crippen molar-refractivity contribution >= 4 is 44.5 Å². The molecule has 11 heavy (non-hydrogen) atoms. The quantitative estimate of drug-likeness (QED) is 0.486. The van der Waals surface area contributed by atoms with Gasteiger partial charge in [0.05, 0.1) is 0 Å². The van der Waals surface area contributed by atoms with Crippen molar-refractivity contribution in [3.05, 3.63) is 24.4 Å². The van der Waals surface area contributed by atoms with Gasteiger partial charge in [-0.3, -0.25) is 0 Å². The molecular formula is C7H12ClNSeSn. The first-order valence-electron chi connectivity index (χ1n) is 1.97. The van der Waals surface area contributed by atoms with Crippen LogP contribution in [0, 0.1) is 0 Å². The van der Waals surface area contributed by atoms with Gasteiger partial charge in [0, 0.05) is 0 Å². The molecule has 0 amide bonds. The third kappa shape index (κ3) is 10.8. The Hall–Kier alpha value is 0.758. The van der Waals surface area contributed by atoms with Crippen molar-refractivity contribution in [1.82, 2.24) is 4.98 Å². The van der Waals surface area contributed by atoms with Crippen LogP contribution in [0.25, 0.3) is 0 Å². The Morgan fingerprint density at radius 1 is 1.18 bits per heavy atom. The van der Waals surface area contributed by atoms with Crippen LogP contribution in [0.5, 0.6) is 0 Å². The van der Waals surface area contributed by atoms with E-state index >= 15 is 0 Å². The summed E-state index contributed by atoms with van der Waals surface area (Å²) in [6, 6.07) is 5.75. The third-order valence-corrected chi connectivity index (χ3v) is 1.14. The first-order chi connectivity index (χ1) is 3.39. The molecule has 1 aromatic rings. The number of aromatic nitrogens is 1. The molecule has 0 fully saturated rings. The fraction of sp³-hybridized carbons (Fsp3) is 0.286. The number of nitrogens with zero attached hydrogens (tertiary/aromatic N) is 1. The maximum absolute atomic E-state index is 3.92. The van der Waals surface area contributed by atoms with Gasteiger partial charge in [0.2, 0.25) is 0 Å². The summed E-state index contributed by atoms with van der Waals surface area (Å²) in [5.74, 6) is 0. The van der Waals surface area contributed by atoms with E-state index in [1.165, 1.54) is 0 Å². The standard InChI is InChI=1S/C5H5NSe.2CH4.ClH.Sn/c7-5-3-1-2-4-6-5;;;;/h1-4H,(H,6,7);2*1H4;1H;/q;;;;+2/p-2. The van der Waals surface area contributed by atoms with Crippen molar-refractivity contribution in [2.75, 3.05) is 0 Å². The largest absolute Gasteiger partial charge is 2.00 e. The summed E-state index contributed by atoms with van der Waals surface area (Å²) in [5, 5.41) is 0. The van der Waals surface area contributed by atoms with Crippen LogP contribution in [0.2, 0.25) is 0 Å². The van der Waals surface area contributed by atoms with Crippen molar-refractivity contribution in [1.29, 1.82) is 0 Å². The number of pyridine rings is 1. The molecule has 2 radical (unpaired) electrons. The van der Waals surface area contributed by atoms with Crippen molar-refractivity contribution in [2.45, 2.75) is 14.9 Å². The zero-order valence-electron chi connectivity index (χ0n) is 4.54. The third-order valence-electron chi connectivity index (χ3n) is 0.638. The van der Waals surface area contributed by atoms with E-state index in [0.717, 1.165) is 4.59 Å². The molecule has 62 valence electrons. The molecule has 0 atom stereocenters. The van der Waals surface area contributed by atoms with Gasteiger partial charge in [0.25, 0.3) is 0 Å². The van der Waals surface area contributed by atoms with Crippen LogP contribution in [-0.4, -0.2) is 44.9 Å². The second kappa shape index (κ2) is 13.4. The zero-order chi connectivity index (χ0) is 5.11. The Morgan fingerprint density at radius 2 is 1.73 bits per heavy atom. The van der Waals surface area contributed by atoms with Crippen LogP contribution in [-0.2, 0) is 0 Å². The number of hydrogen-bond donors (Lipinski definition) is 0. The van der Waals surface area contributed by atoms with Gasteiger partial charge in [-0.2, -0.15) is 0 Å². The monoisotopic (exact) mass is 345 g/mol. The number of rotatable bonds is 0. The van der Waals surface area contributed by atoms with Crippen LogP contribution in [0.1, 0.15) is 14.9 Å². The predicted octanol–water partition coefficient (Wildman–Crippen LogP) is -2.23. The van der Waals surface area contributed by atoms with E-state index < -0.39 is 0 Å². The van der Waals surface area contributed by atoms with Crippen molar-refractivity contribution in [3.8, 4) is 0 Å². The molecule has 1 aromatic heterocycles. The molecule has 0 aliphatic carbocycles. The maximum atomic E-state index is 3.92. The van der Waals surface area contributed by atoms with Crippen LogP contribution < -0.4 is 17.0 Å². The van der Waals surface area contributed by atoms with Gasteiger partial charge >= 0.3 is 73.9 Å². The zero-order valence-corrected chi connectivity index (χ0v) is 9.87. The molecule has 0 aliphatic heterocycles. The molecule has 0 bridgehead atoms. The van der Waals surface area contributed by atoms with Gasteiger partial charge in [-0.05, 0) is 0 Å². The summed E-state index contributed by atoms with van der Waals surface area (Å²) in [4.78, 5) is 3.92. The van der Waals surface area contributed by atoms with Gasteiger partial charge in [0.15, 0.2) is 0 Å². The van der Waals surface area contributed by atoms with Crippen LogP contribution in [0.15, 0.2) is 24.4 Å². The van der Waals surface area contributed by atoms with Gasteiger partial charge in [-0.25, -0.2) is 0 Å². The summed E-state index contributed by atoms with van der Waals surface area (Å²) in [6.07, 6.45) is 1.76. The van der Waals surface area contributed by atoms with Crippen molar-refractivity contribution < 1.29 is 12.4 Å². The Kier molecular flexibility index (Phi) is 27.5. The summed E-state index contributed by atoms with van der Waals surface area (Å²) >= 11 is 2.79. The van der Waals surface area contributed by atoms with E-state index in [9.17, 15) is 0 Å². The summed E-state index contributed by atoms with van der Waals surface area (Å²) in [6.45, 7) is 0. The molecule has 0 saturated heterocycles. The molecule has 0 saturated carbocycles. The minimum atomic E-state index is 0. The fourth-order valence-electron chi connectivity index (χ4n) is 0.347. The Bertz CT molecular complexity index is 148. The minimum Gasteiger partial charge on any atom is 2.00 e. The average Bonchev–Trinajstić information content (AvgIpc) is 1.69. The average molecular weight is 343 g/mol. The van der Waals surface area contributed by atoms with E-state index in [0.29, 0.717) is 0 Å². The Morgan fingerprint density at radius 3 is 1.91 bits per heavy atom. The smallest absolute Gasteiger partial charge is 2.00 e. The fourth-order valence-corrected chi connectivity index (χ4v) is 0.640. The second-order valence-electron chi connectivity index (χ2n) is 1.17. The molecule has 0 unspecified atom stereocenters. The Labute approximate surface area is 101 Å². The molecule has 1 rings (SSSR count). The van der Waals surface area contributed by atoms with Gasteiger partial charge in [-0.1, -0.05) is 14.9 Å². The molecule has 1 heterocycles. The number of halogens is 1. The van der Waals surface area contributed by atoms with Crippen LogP contribution in [0.3, 0.4) is 0 Å². The van der Waals surface area contributed by atoms with Gasteiger partial charge in [0.1, 0.15) is 0 Å². The molecule has 0 aromatic carbocycles. The maximum Gasteiger partial charge on any atom is 2.00 e. The Balaban J connectivity index is -0.0000000612.